The van der Waals surface area contributed by atoms with Gasteiger partial charge in [-0.25, -0.2) is 4.79 Å². The van der Waals surface area contributed by atoms with Crippen molar-refractivity contribution in [2.75, 3.05) is 0 Å². The van der Waals surface area contributed by atoms with E-state index in [1.54, 1.807) is 24.3 Å². The van der Waals surface area contributed by atoms with Gasteiger partial charge in [0, 0.05) is 4.47 Å². The van der Waals surface area contributed by atoms with Crippen molar-refractivity contribution in [1.29, 1.82) is 0 Å². The Labute approximate surface area is 82.8 Å². The molecule has 0 fully saturated rings. The number of carbonyl (C=O) groups is 1. The van der Waals surface area contributed by atoms with Gasteiger partial charge >= 0.3 is 5.91 Å². The molecule has 0 bridgehead atoms. The minimum absolute atomic E-state index is 0.153. The van der Waals surface area contributed by atoms with Crippen molar-refractivity contribution in [2.24, 2.45) is 0 Å². The van der Waals surface area contributed by atoms with Crippen molar-refractivity contribution in [3.05, 3.63) is 44.4 Å². The number of amides is 1. The Morgan fingerprint density at radius 3 is 2.38 bits per heavy atom. The summed E-state index contributed by atoms with van der Waals surface area (Å²) in [5.74, 6) is -0.984. The molecule has 0 spiro atoms. The fraction of sp³-hybridized carbons (Fsp3) is 0.125. The summed E-state index contributed by atoms with van der Waals surface area (Å²) >= 11 is 3.22. The van der Waals surface area contributed by atoms with Gasteiger partial charge in [-0.3, -0.25) is 10.1 Å². The third-order valence-electron chi connectivity index (χ3n) is 1.47. The molecule has 1 rings (SSSR count). The zero-order chi connectivity index (χ0) is 9.84. The zero-order valence-corrected chi connectivity index (χ0v) is 8.15. The first-order valence-corrected chi connectivity index (χ1v) is 4.30. The Morgan fingerprint density at radius 2 is 1.92 bits per heavy atom. The van der Waals surface area contributed by atoms with Crippen LogP contribution in [0, 0.1) is 10.1 Å². The summed E-state index contributed by atoms with van der Waals surface area (Å²) in [5.41, 5.74) is 0.643. The van der Waals surface area contributed by atoms with Crippen LogP contribution in [0.5, 0.6) is 0 Å². The van der Waals surface area contributed by atoms with Crippen LogP contribution in [0.2, 0.25) is 0 Å². The van der Waals surface area contributed by atoms with Gasteiger partial charge in [-0.1, -0.05) is 28.1 Å². The smallest absolute Gasteiger partial charge is 0.256 e. The standard InChI is InChI=1S/C8H6BrNO3/c9-7-3-1-6(2-4-7)5-8(11)10(12)13/h1-4H,5H2. The molecule has 0 aromatic heterocycles. The fourth-order valence-corrected chi connectivity index (χ4v) is 1.11. The second-order valence-corrected chi connectivity index (χ2v) is 3.37. The third-order valence-corrected chi connectivity index (χ3v) is 2.00. The summed E-state index contributed by atoms with van der Waals surface area (Å²) in [6, 6.07) is 6.82. The van der Waals surface area contributed by atoms with Crippen molar-refractivity contribution in [3.63, 3.8) is 0 Å². The van der Waals surface area contributed by atoms with E-state index < -0.39 is 10.8 Å². The van der Waals surface area contributed by atoms with Gasteiger partial charge < -0.3 is 0 Å². The lowest BCUT2D eigenvalue weighted by Crippen LogP contribution is -2.13. The summed E-state index contributed by atoms with van der Waals surface area (Å²) in [6.45, 7) is 0. The highest BCUT2D eigenvalue weighted by Crippen LogP contribution is 2.10. The normalized spacial score (nSPS) is 9.62. The predicted molar refractivity (Wildman–Crippen MR) is 49.8 cm³/mol. The van der Waals surface area contributed by atoms with E-state index in [1.807, 2.05) is 0 Å². The van der Waals surface area contributed by atoms with Gasteiger partial charge in [0.05, 0.1) is 0 Å². The molecule has 1 aromatic carbocycles. The summed E-state index contributed by atoms with van der Waals surface area (Å²) in [7, 11) is 0. The highest BCUT2D eigenvalue weighted by atomic mass is 79.9. The molecular formula is C8H6BrNO3. The second-order valence-electron chi connectivity index (χ2n) is 2.45. The van der Waals surface area contributed by atoms with Crippen LogP contribution < -0.4 is 0 Å². The molecule has 0 unspecified atom stereocenters. The molecule has 13 heavy (non-hydrogen) atoms. The number of nitrogens with zero attached hydrogens (tertiary/aromatic N) is 1. The molecule has 0 heterocycles. The monoisotopic (exact) mass is 243 g/mol. The van der Waals surface area contributed by atoms with E-state index in [9.17, 15) is 14.9 Å². The molecule has 68 valence electrons. The van der Waals surface area contributed by atoms with Crippen LogP contribution in [0.1, 0.15) is 5.56 Å². The average molecular weight is 244 g/mol. The first-order chi connectivity index (χ1) is 6.09. The number of hydrogen-bond acceptors (Lipinski definition) is 3. The lowest BCUT2D eigenvalue weighted by Gasteiger charge is -1.94. The molecule has 0 saturated heterocycles. The van der Waals surface area contributed by atoms with Crippen molar-refractivity contribution in [2.45, 2.75) is 6.42 Å². The number of rotatable bonds is 2. The summed E-state index contributed by atoms with van der Waals surface area (Å²) in [5, 5.41) is 10.0. The molecule has 5 heteroatoms. The molecule has 1 aromatic rings. The van der Waals surface area contributed by atoms with Gasteiger partial charge in [0.2, 0.25) is 0 Å². The van der Waals surface area contributed by atoms with Gasteiger partial charge in [0.25, 0.3) is 0 Å². The largest absolute Gasteiger partial charge is 0.448 e. The van der Waals surface area contributed by atoms with Crippen LogP contribution in [-0.2, 0) is 11.2 Å². The summed E-state index contributed by atoms with van der Waals surface area (Å²) in [4.78, 5) is 19.8. The summed E-state index contributed by atoms with van der Waals surface area (Å²) in [6.07, 6.45) is -0.153. The van der Waals surface area contributed by atoms with Crippen molar-refractivity contribution >= 4 is 21.8 Å². The molecule has 4 nitrogen and oxygen atoms in total. The number of halogens is 1. The quantitative estimate of drug-likeness (QED) is 0.588. The minimum atomic E-state index is -0.984. The van der Waals surface area contributed by atoms with E-state index in [0.29, 0.717) is 5.56 Å². The Balaban J connectivity index is 2.70. The van der Waals surface area contributed by atoms with Gasteiger partial charge in [-0.2, -0.15) is 0 Å². The maximum absolute atomic E-state index is 10.7. The first kappa shape index (κ1) is 9.85. The maximum atomic E-state index is 10.7. The number of nitro groups is 1. The highest BCUT2D eigenvalue weighted by Gasteiger charge is 2.14. The van der Waals surface area contributed by atoms with Crippen LogP contribution in [0.3, 0.4) is 0 Å². The minimum Gasteiger partial charge on any atom is -0.256 e. The average Bonchev–Trinajstić information content (AvgIpc) is 2.08. The Kier molecular flexibility index (Phi) is 3.13. The maximum Gasteiger partial charge on any atom is 0.448 e. The topological polar surface area (TPSA) is 60.2 Å². The number of hydrogen-bond donors (Lipinski definition) is 0. The molecule has 0 radical (unpaired) electrons. The van der Waals surface area contributed by atoms with E-state index in [0.717, 1.165) is 4.47 Å². The third kappa shape index (κ3) is 2.95. The van der Waals surface area contributed by atoms with E-state index in [-0.39, 0.29) is 6.42 Å². The molecule has 1 amide bonds. The van der Waals surface area contributed by atoms with Gasteiger partial charge in [-0.15, -0.1) is 0 Å². The van der Waals surface area contributed by atoms with Crippen LogP contribution in [0.25, 0.3) is 0 Å². The van der Waals surface area contributed by atoms with Crippen molar-refractivity contribution < 1.29 is 9.72 Å². The highest BCUT2D eigenvalue weighted by molar-refractivity contribution is 9.10. The van der Waals surface area contributed by atoms with Crippen LogP contribution >= 0.6 is 15.9 Å². The van der Waals surface area contributed by atoms with E-state index >= 15 is 0 Å². The molecule has 0 aliphatic carbocycles. The summed E-state index contributed by atoms with van der Waals surface area (Å²) < 4.78 is 0.879. The zero-order valence-electron chi connectivity index (χ0n) is 6.57. The number of carbonyl (C=O) groups excluding carboxylic acids is 1. The van der Waals surface area contributed by atoms with Crippen LogP contribution in [0.15, 0.2) is 28.7 Å². The molecule has 0 aliphatic heterocycles. The first-order valence-electron chi connectivity index (χ1n) is 3.51. The Bertz CT molecular complexity index is 334. The van der Waals surface area contributed by atoms with Crippen molar-refractivity contribution in [1.82, 2.24) is 0 Å². The lowest BCUT2D eigenvalue weighted by atomic mass is 10.1. The van der Waals surface area contributed by atoms with Gasteiger partial charge in [-0.05, 0) is 17.7 Å². The fourth-order valence-electron chi connectivity index (χ4n) is 0.841. The molecular weight excluding hydrogens is 238 g/mol. The van der Waals surface area contributed by atoms with Crippen molar-refractivity contribution in [3.8, 4) is 0 Å². The lowest BCUT2D eigenvalue weighted by molar-refractivity contribution is -0.401. The number of benzene rings is 1. The molecule has 0 atom stereocenters. The molecule has 0 N–H and O–H groups in total. The van der Waals surface area contributed by atoms with E-state index in [1.165, 1.54) is 0 Å². The van der Waals surface area contributed by atoms with E-state index in [4.69, 9.17) is 0 Å². The van der Waals surface area contributed by atoms with Gasteiger partial charge in [0.15, 0.2) is 0 Å². The van der Waals surface area contributed by atoms with Crippen LogP contribution in [0.4, 0.5) is 0 Å². The SMILES string of the molecule is O=C(Cc1ccc(Br)cc1)[N+](=O)[O-]. The van der Waals surface area contributed by atoms with E-state index in [2.05, 4.69) is 15.9 Å². The van der Waals surface area contributed by atoms with Crippen LogP contribution in [-0.4, -0.2) is 10.8 Å². The Hall–Kier alpha value is -1.23. The predicted octanol–water partition coefficient (Wildman–Crippen LogP) is 1.79. The Morgan fingerprint density at radius 1 is 1.38 bits per heavy atom. The second kappa shape index (κ2) is 4.13. The molecule has 0 saturated carbocycles. The van der Waals surface area contributed by atoms with Gasteiger partial charge in [0.1, 0.15) is 11.3 Å². The molecule has 0 aliphatic rings.